The Morgan fingerprint density at radius 2 is 1.03 bits per heavy atom. The second-order valence-electron chi connectivity index (χ2n) is 8.30. The summed E-state index contributed by atoms with van der Waals surface area (Å²) in [6.45, 7) is 2.21. The first kappa shape index (κ1) is 23.9. The maximum atomic E-state index is 13.6. The van der Waals surface area contributed by atoms with E-state index in [4.69, 9.17) is 0 Å². The summed E-state index contributed by atoms with van der Waals surface area (Å²) in [6.07, 6.45) is 0.960. The van der Waals surface area contributed by atoms with Gasteiger partial charge in [0.05, 0.1) is 4.90 Å². The normalized spacial score (nSPS) is 11.6. The van der Waals surface area contributed by atoms with Crippen molar-refractivity contribution in [3.05, 3.63) is 138 Å². The molecule has 0 saturated heterocycles. The van der Waals surface area contributed by atoms with Gasteiger partial charge in [-0.05, 0) is 47.4 Å². The summed E-state index contributed by atoms with van der Waals surface area (Å²) in [5.74, 6) is 0. The lowest BCUT2D eigenvalue weighted by Crippen LogP contribution is -2.30. The highest BCUT2D eigenvalue weighted by molar-refractivity contribution is 7.89. The maximum Gasteiger partial charge on any atom is 0.243 e. The summed E-state index contributed by atoms with van der Waals surface area (Å²) in [5, 5.41) is 3.44. The molecule has 0 amide bonds. The van der Waals surface area contributed by atoms with Crippen molar-refractivity contribution >= 4 is 10.0 Å². The van der Waals surface area contributed by atoms with Gasteiger partial charge < -0.3 is 5.32 Å². The highest BCUT2D eigenvalue weighted by Gasteiger charge is 2.25. The monoisotopic (exact) mass is 470 g/mol. The molecule has 0 unspecified atom stereocenters. The molecule has 0 aliphatic carbocycles. The van der Waals surface area contributed by atoms with Gasteiger partial charge in [0.1, 0.15) is 0 Å². The summed E-state index contributed by atoms with van der Waals surface area (Å²) in [6, 6.07) is 37.0. The summed E-state index contributed by atoms with van der Waals surface area (Å²) >= 11 is 0. The quantitative estimate of drug-likeness (QED) is 0.298. The lowest BCUT2D eigenvalue weighted by molar-refractivity contribution is 0.401. The highest BCUT2D eigenvalue weighted by atomic mass is 32.2. The van der Waals surface area contributed by atoms with Crippen LogP contribution in [0.5, 0.6) is 0 Å². The Balaban J connectivity index is 1.43. The fourth-order valence-electron chi connectivity index (χ4n) is 3.84. The molecule has 0 atom stereocenters. The zero-order valence-electron chi connectivity index (χ0n) is 19.2. The molecule has 0 bridgehead atoms. The zero-order chi connectivity index (χ0) is 23.6. The van der Waals surface area contributed by atoms with Gasteiger partial charge in [-0.25, -0.2) is 8.42 Å². The van der Waals surface area contributed by atoms with E-state index >= 15 is 0 Å². The lowest BCUT2D eigenvalue weighted by atomic mass is 10.1. The van der Waals surface area contributed by atoms with Crippen molar-refractivity contribution in [2.24, 2.45) is 0 Å². The molecule has 4 nitrogen and oxygen atoms in total. The summed E-state index contributed by atoms with van der Waals surface area (Å²) < 4.78 is 28.7. The van der Waals surface area contributed by atoms with Crippen molar-refractivity contribution in [2.45, 2.75) is 31.0 Å². The second kappa shape index (κ2) is 11.7. The van der Waals surface area contributed by atoms with E-state index in [9.17, 15) is 8.42 Å². The van der Waals surface area contributed by atoms with E-state index in [-0.39, 0.29) is 0 Å². The smallest absolute Gasteiger partial charge is 0.243 e. The Bertz CT molecular complexity index is 1200. The van der Waals surface area contributed by atoms with E-state index in [1.54, 1.807) is 16.4 Å². The third-order valence-electron chi connectivity index (χ3n) is 5.73. The van der Waals surface area contributed by atoms with Crippen molar-refractivity contribution in [1.29, 1.82) is 0 Å². The molecule has 0 aromatic heterocycles. The first-order chi connectivity index (χ1) is 16.6. The number of nitrogens with zero attached hydrogens (tertiary/aromatic N) is 1. The predicted molar refractivity (Wildman–Crippen MR) is 138 cm³/mol. The molecule has 4 rings (SSSR count). The molecule has 0 heterocycles. The number of sulfonamides is 1. The van der Waals surface area contributed by atoms with Gasteiger partial charge in [-0.3, -0.25) is 0 Å². The van der Waals surface area contributed by atoms with E-state index in [2.05, 4.69) is 17.4 Å². The van der Waals surface area contributed by atoms with Gasteiger partial charge >= 0.3 is 0 Å². The van der Waals surface area contributed by atoms with Crippen LogP contribution in [0.4, 0.5) is 0 Å². The number of rotatable bonds is 11. The Labute approximate surface area is 202 Å². The van der Waals surface area contributed by atoms with Crippen LogP contribution in [0.1, 0.15) is 22.3 Å². The molecular weight excluding hydrogens is 440 g/mol. The van der Waals surface area contributed by atoms with Crippen LogP contribution in [-0.4, -0.2) is 19.3 Å². The SMILES string of the molecule is O=S(=O)(c1ccc(CNCCc2ccccc2)cc1)N(Cc1ccccc1)Cc1ccccc1. The Morgan fingerprint density at radius 3 is 1.53 bits per heavy atom. The Morgan fingerprint density at radius 1 is 0.559 bits per heavy atom. The topological polar surface area (TPSA) is 49.4 Å². The van der Waals surface area contributed by atoms with Crippen LogP contribution in [0.2, 0.25) is 0 Å². The van der Waals surface area contributed by atoms with Crippen molar-refractivity contribution in [2.75, 3.05) is 6.54 Å². The van der Waals surface area contributed by atoms with Crippen molar-refractivity contribution in [3.8, 4) is 0 Å². The molecule has 0 aliphatic rings. The third kappa shape index (κ3) is 6.64. The summed E-state index contributed by atoms with van der Waals surface area (Å²) in [7, 11) is -3.66. The molecule has 34 heavy (non-hydrogen) atoms. The molecule has 4 aromatic rings. The van der Waals surface area contributed by atoms with Crippen molar-refractivity contribution < 1.29 is 8.42 Å². The number of benzene rings is 4. The van der Waals surface area contributed by atoms with E-state index in [1.807, 2.05) is 91.0 Å². The van der Waals surface area contributed by atoms with Crippen LogP contribution < -0.4 is 5.32 Å². The molecule has 0 saturated carbocycles. The van der Waals surface area contributed by atoms with Gasteiger partial charge in [0.25, 0.3) is 0 Å². The summed E-state index contributed by atoms with van der Waals surface area (Å²) in [5.41, 5.74) is 4.28. The van der Waals surface area contributed by atoms with Crippen LogP contribution in [-0.2, 0) is 36.1 Å². The van der Waals surface area contributed by atoms with Crippen molar-refractivity contribution in [3.63, 3.8) is 0 Å². The average molecular weight is 471 g/mol. The van der Waals surface area contributed by atoms with E-state index in [1.165, 1.54) is 5.56 Å². The first-order valence-corrected chi connectivity index (χ1v) is 13.0. The first-order valence-electron chi connectivity index (χ1n) is 11.5. The molecular formula is C29H30N2O2S. The van der Waals surface area contributed by atoms with E-state index in [0.717, 1.165) is 29.7 Å². The minimum absolute atomic E-state index is 0.312. The zero-order valence-corrected chi connectivity index (χ0v) is 20.0. The minimum atomic E-state index is -3.66. The van der Waals surface area contributed by atoms with Crippen molar-refractivity contribution in [1.82, 2.24) is 9.62 Å². The fourth-order valence-corrected chi connectivity index (χ4v) is 5.25. The predicted octanol–water partition coefficient (Wildman–Crippen LogP) is 5.41. The molecule has 5 heteroatoms. The molecule has 0 spiro atoms. The van der Waals surface area contributed by atoms with Crippen LogP contribution in [0.25, 0.3) is 0 Å². The number of hydrogen-bond acceptors (Lipinski definition) is 3. The largest absolute Gasteiger partial charge is 0.312 e. The van der Waals surface area contributed by atoms with E-state index in [0.29, 0.717) is 24.5 Å². The number of hydrogen-bond donors (Lipinski definition) is 1. The standard InChI is InChI=1S/C29H30N2O2S/c32-34(33,31(23-27-12-6-2-7-13-27)24-28-14-8-3-9-15-28)29-18-16-26(17-19-29)22-30-21-20-25-10-4-1-5-11-25/h1-19,30H,20-24H2. The van der Waals surface area contributed by atoms with Gasteiger partial charge in [-0.2, -0.15) is 4.31 Å². The van der Waals surface area contributed by atoms with Gasteiger partial charge in [0.2, 0.25) is 10.0 Å². The minimum Gasteiger partial charge on any atom is -0.312 e. The van der Waals surface area contributed by atoms with Crippen LogP contribution in [0.15, 0.2) is 120 Å². The Hall–Kier alpha value is -3.25. The highest BCUT2D eigenvalue weighted by Crippen LogP contribution is 2.22. The van der Waals surface area contributed by atoms with Gasteiger partial charge in [-0.15, -0.1) is 0 Å². The lowest BCUT2D eigenvalue weighted by Gasteiger charge is -2.23. The van der Waals surface area contributed by atoms with Crippen LogP contribution >= 0.6 is 0 Å². The maximum absolute atomic E-state index is 13.6. The van der Waals surface area contributed by atoms with Crippen LogP contribution in [0.3, 0.4) is 0 Å². The second-order valence-corrected chi connectivity index (χ2v) is 10.2. The molecule has 1 N–H and O–H groups in total. The molecule has 0 radical (unpaired) electrons. The average Bonchev–Trinajstić information content (AvgIpc) is 2.88. The number of nitrogens with one attached hydrogen (secondary N) is 1. The Kier molecular flexibility index (Phi) is 8.26. The molecule has 0 aliphatic heterocycles. The van der Waals surface area contributed by atoms with Gasteiger partial charge in [0.15, 0.2) is 0 Å². The van der Waals surface area contributed by atoms with Gasteiger partial charge in [0, 0.05) is 19.6 Å². The third-order valence-corrected chi connectivity index (χ3v) is 7.53. The molecule has 4 aromatic carbocycles. The molecule has 174 valence electrons. The fraction of sp³-hybridized carbons (Fsp3) is 0.172. The molecule has 0 fully saturated rings. The van der Waals surface area contributed by atoms with E-state index < -0.39 is 10.0 Å². The van der Waals surface area contributed by atoms with Gasteiger partial charge in [-0.1, -0.05) is 103 Å². The summed E-state index contributed by atoms with van der Waals surface area (Å²) in [4.78, 5) is 0.312. The van der Waals surface area contributed by atoms with Crippen LogP contribution in [0, 0.1) is 0 Å².